The number of nitrogens with two attached hydrogens (primary N) is 2. The van der Waals surface area contributed by atoms with E-state index in [1.165, 1.54) is 0 Å². The minimum Gasteiger partial charge on any atom is -0.326 e. The molecule has 4 nitrogen and oxygen atoms in total. The van der Waals surface area contributed by atoms with Crippen molar-refractivity contribution in [1.29, 1.82) is 0 Å². The van der Waals surface area contributed by atoms with Gasteiger partial charge in [-0.1, -0.05) is 26.0 Å². The molecule has 0 spiro atoms. The number of para-hydroxylation sites is 2. The maximum absolute atomic E-state index is 6.10. The fraction of sp³-hybridized carbons (Fsp3) is 0.385. The highest BCUT2D eigenvalue weighted by atomic mass is 14.9. The molecular weight excluding hydrogens is 212 g/mol. The first-order valence-corrected chi connectivity index (χ1v) is 5.82. The normalized spacial score (nSPS) is 15.1. The number of hydrogen-bond donors (Lipinski definition) is 2. The van der Waals surface area contributed by atoms with Gasteiger partial charge in [0.1, 0.15) is 0 Å². The van der Waals surface area contributed by atoms with Crippen LogP contribution in [0.1, 0.15) is 25.6 Å². The predicted molar refractivity (Wildman–Crippen MR) is 69.3 cm³/mol. The zero-order chi connectivity index (χ0) is 12.4. The molecule has 2 rings (SSSR count). The van der Waals surface area contributed by atoms with Gasteiger partial charge in [0.25, 0.3) is 0 Å². The standard InChI is InChI=1S/C13H18N4/c1-8(2)12(14)13(15)11-7-16-9-5-3-4-6-10(9)17-11/h3-8,12-13H,14-15H2,1-2H3. The summed E-state index contributed by atoms with van der Waals surface area (Å²) in [6, 6.07) is 7.36. The quantitative estimate of drug-likeness (QED) is 0.839. The number of fused-ring (bicyclic) bond motifs is 1. The van der Waals surface area contributed by atoms with Crippen LogP contribution in [0.5, 0.6) is 0 Å². The second kappa shape index (κ2) is 4.77. The summed E-state index contributed by atoms with van der Waals surface area (Å²) >= 11 is 0. The molecule has 0 bridgehead atoms. The van der Waals surface area contributed by atoms with Gasteiger partial charge in [-0.2, -0.15) is 0 Å². The van der Waals surface area contributed by atoms with E-state index in [0.717, 1.165) is 16.7 Å². The van der Waals surface area contributed by atoms with Crippen LogP contribution in [-0.2, 0) is 0 Å². The highest BCUT2D eigenvalue weighted by Gasteiger charge is 2.20. The maximum atomic E-state index is 6.10. The summed E-state index contributed by atoms with van der Waals surface area (Å²) in [5.74, 6) is 0.318. The van der Waals surface area contributed by atoms with E-state index in [-0.39, 0.29) is 12.1 Å². The van der Waals surface area contributed by atoms with Gasteiger partial charge < -0.3 is 11.5 Å². The van der Waals surface area contributed by atoms with Crippen LogP contribution < -0.4 is 11.5 Å². The largest absolute Gasteiger partial charge is 0.326 e. The zero-order valence-electron chi connectivity index (χ0n) is 10.2. The van der Waals surface area contributed by atoms with Gasteiger partial charge in [-0.05, 0) is 18.1 Å². The van der Waals surface area contributed by atoms with Gasteiger partial charge in [0.15, 0.2) is 0 Å². The minimum absolute atomic E-state index is 0.106. The maximum Gasteiger partial charge on any atom is 0.0890 e. The fourth-order valence-electron chi connectivity index (χ4n) is 1.74. The third-order valence-electron chi connectivity index (χ3n) is 2.99. The highest BCUT2D eigenvalue weighted by molar-refractivity contribution is 5.73. The molecule has 1 heterocycles. The SMILES string of the molecule is CC(C)C(N)C(N)c1cnc2ccccc2n1. The Kier molecular flexibility index (Phi) is 3.36. The number of nitrogens with zero attached hydrogens (tertiary/aromatic N) is 2. The first-order chi connectivity index (χ1) is 8.09. The molecule has 0 saturated carbocycles. The molecule has 0 saturated heterocycles. The summed E-state index contributed by atoms with van der Waals surface area (Å²) in [6.07, 6.45) is 1.72. The topological polar surface area (TPSA) is 77.8 Å². The Morgan fingerprint density at radius 2 is 1.71 bits per heavy atom. The lowest BCUT2D eigenvalue weighted by Gasteiger charge is -2.22. The Bertz CT molecular complexity index is 510. The third-order valence-corrected chi connectivity index (χ3v) is 2.99. The van der Waals surface area contributed by atoms with E-state index < -0.39 is 0 Å². The Hall–Kier alpha value is -1.52. The molecule has 2 unspecified atom stereocenters. The molecule has 0 fully saturated rings. The Morgan fingerprint density at radius 1 is 1.06 bits per heavy atom. The highest BCUT2D eigenvalue weighted by Crippen LogP contribution is 2.17. The second-order valence-corrected chi connectivity index (χ2v) is 4.63. The summed E-state index contributed by atoms with van der Waals surface area (Å²) in [6.45, 7) is 4.11. The fourth-order valence-corrected chi connectivity index (χ4v) is 1.74. The van der Waals surface area contributed by atoms with Gasteiger partial charge in [0.2, 0.25) is 0 Å². The van der Waals surface area contributed by atoms with Crippen LogP contribution in [-0.4, -0.2) is 16.0 Å². The van der Waals surface area contributed by atoms with Crippen LogP contribution >= 0.6 is 0 Å². The Labute approximate surface area is 101 Å². The van der Waals surface area contributed by atoms with Crippen molar-refractivity contribution in [3.63, 3.8) is 0 Å². The summed E-state index contributed by atoms with van der Waals surface area (Å²) < 4.78 is 0. The van der Waals surface area contributed by atoms with E-state index in [2.05, 4.69) is 23.8 Å². The molecule has 4 heteroatoms. The molecule has 90 valence electrons. The van der Waals surface area contributed by atoms with Crippen LogP contribution in [0.3, 0.4) is 0 Å². The Balaban J connectivity index is 2.36. The summed E-state index contributed by atoms with van der Waals surface area (Å²) in [4.78, 5) is 8.86. The molecule has 0 radical (unpaired) electrons. The van der Waals surface area contributed by atoms with Crippen molar-refractivity contribution in [3.8, 4) is 0 Å². The molecule has 0 aliphatic heterocycles. The number of benzene rings is 1. The van der Waals surface area contributed by atoms with Crippen LogP contribution in [0.2, 0.25) is 0 Å². The zero-order valence-corrected chi connectivity index (χ0v) is 10.2. The molecule has 2 atom stereocenters. The molecular formula is C13H18N4. The van der Waals surface area contributed by atoms with Crippen LogP contribution in [0.4, 0.5) is 0 Å². The van der Waals surface area contributed by atoms with Crippen LogP contribution in [0.15, 0.2) is 30.5 Å². The summed E-state index contributed by atoms with van der Waals surface area (Å²) in [7, 11) is 0. The van der Waals surface area contributed by atoms with E-state index in [0.29, 0.717) is 5.92 Å². The van der Waals surface area contributed by atoms with Gasteiger partial charge in [-0.25, -0.2) is 4.98 Å². The van der Waals surface area contributed by atoms with Crippen molar-refractivity contribution in [1.82, 2.24) is 9.97 Å². The molecule has 2 aromatic rings. The lowest BCUT2D eigenvalue weighted by molar-refractivity contribution is 0.417. The lowest BCUT2D eigenvalue weighted by Crippen LogP contribution is -2.38. The molecule has 4 N–H and O–H groups in total. The molecule has 17 heavy (non-hydrogen) atoms. The van der Waals surface area contributed by atoms with Crippen molar-refractivity contribution in [2.75, 3.05) is 0 Å². The average molecular weight is 230 g/mol. The van der Waals surface area contributed by atoms with Gasteiger partial charge >= 0.3 is 0 Å². The van der Waals surface area contributed by atoms with Gasteiger partial charge in [-0.15, -0.1) is 0 Å². The third kappa shape index (κ3) is 2.43. The van der Waals surface area contributed by atoms with Gasteiger partial charge in [-0.3, -0.25) is 4.98 Å². The van der Waals surface area contributed by atoms with E-state index in [9.17, 15) is 0 Å². The predicted octanol–water partition coefficient (Wildman–Crippen LogP) is 1.61. The summed E-state index contributed by atoms with van der Waals surface area (Å²) in [5.41, 5.74) is 14.6. The molecule has 0 aliphatic rings. The van der Waals surface area contributed by atoms with E-state index >= 15 is 0 Å². The number of aromatic nitrogens is 2. The number of hydrogen-bond acceptors (Lipinski definition) is 4. The lowest BCUT2D eigenvalue weighted by atomic mass is 9.96. The van der Waals surface area contributed by atoms with E-state index in [1.54, 1.807) is 6.20 Å². The van der Waals surface area contributed by atoms with Gasteiger partial charge in [0, 0.05) is 6.04 Å². The second-order valence-electron chi connectivity index (χ2n) is 4.63. The van der Waals surface area contributed by atoms with Crippen molar-refractivity contribution in [3.05, 3.63) is 36.2 Å². The van der Waals surface area contributed by atoms with E-state index in [4.69, 9.17) is 11.5 Å². The Morgan fingerprint density at radius 3 is 2.35 bits per heavy atom. The minimum atomic E-state index is -0.271. The van der Waals surface area contributed by atoms with Crippen LogP contribution in [0.25, 0.3) is 11.0 Å². The number of rotatable bonds is 3. The average Bonchev–Trinajstić information content (AvgIpc) is 2.36. The summed E-state index contributed by atoms with van der Waals surface area (Å²) in [5, 5.41) is 0. The monoisotopic (exact) mass is 230 g/mol. The van der Waals surface area contributed by atoms with Crippen molar-refractivity contribution in [2.24, 2.45) is 17.4 Å². The first-order valence-electron chi connectivity index (χ1n) is 5.82. The van der Waals surface area contributed by atoms with Crippen molar-refractivity contribution in [2.45, 2.75) is 25.9 Å². The van der Waals surface area contributed by atoms with E-state index in [1.807, 2.05) is 24.3 Å². The molecule has 1 aromatic carbocycles. The molecule has 0 amide bonds. The van der Waals surface area contributed by atoms with Crippen molar-refractivity contribution < 1.29 is 0 Å². The van der Waals surface area contributed by atoms with Crippen LogP contribution in [0, 0.1) is 5.92 Å². The van der Waals surface area contributed by atoms with Crippen molar-refractivity contribution >= 4 is 11.0 Å². The smallest absolute Gasteiger partial charge is 0.0890 e. The first kappa shape index (κ1) is 12.0. The van der Waals surface area contributed by atoms with Gasteiger partial charge in [0.05, 0.1) is 29.0 Å². The molecule has 1 aromatic heterocycles. The molecule has 0 aliphatic carbocycles.